The Hall–Kier alpha value is -1.45. The number of rotatable bonds is 4. The summed E-state index contributed by atoms with van der Waals surface area (Å²) in [5.74, 6) is 1.07. The van der Waals surface area contributed by atoms with E-state index in [9.17, 15) is 4.79 Å². The number of carbonyl (C=O) groups excluding carboxylic acids is 1. The van der Waals surface area contributed by atoms with Crippen molar-refractivity contribution < 1.29 is 4.79 Å². The van der Waals surface area contributed by atoms with Crippen LogP contribution in [-0.4, -0.2) is 18.3 Å². The topological polar surface area (TPSA) is 53.8 Å². The fourth-order valence-electron chi connectivity index (χ4n) is 1.11. The van der Waals surface area contributed by atoms with Crippen molar-refractivity contribution in [3.63, 3.8) is 0 Å². The molecule has 0 bridgehead atoms. The lowest BCUT2D eigenvalue weighted by Gasteiger charge is -2.05. The van der Waals surface area contributed by atoms with E-state index < -0.39 is 0 Å². The van der Waals surface area contributed by atoms with Crippen molar-refractivity contribution in [1.82, 2.24) is 5.32 Å². The van der Waals surface area contributed by atoms with E-state index in [1.54, 1.807) is 18.6 Å². The number of nitrogens with one attached hydrogen (secondary N) is 1. The van der Waals surface area contributed by atoms with Gasteiger partial charge in [-0.3, -0.25) is 9.79 Å². The van der Waals surface area contributed by atoms with Crippen LogP contribution in [0.1, 0.15) is 33.1 Å². The van der Waals surface area contributed by atoms with Gasteiger partial charge in [0, 0.05) is 25.3 Å². The van der Waals surface area contributed by atoms with E-state index in [1.165, 1.54) is 0 Å². The predicted octanol–water partition coefficient (Wildman–Crippen LogP) is 1.88. The first-order valence-electron chi connectivity index (χ1n) is 5.22. The summed E-state index contributed by atoms with van der Waals surface area (Å²) in [6.07, 6.45) is 7.18. The molecule has 0 aromatic rings. The van der Waals surface area contributed by atoms with Gasteiger partial charge in [-0.2, -0.15) is 0 Å². The van der Waals surface area contributed by atoms with Crippen molar-refractivity contribution in [3.8, 4) is 0 Å². The molecule has 0 unspecified atom stereocenters. The molecule has 0 atom stereocenters. The molecule has 4 heteroatoms. The van der Waals surface area contributed by atoms with Crippen LogP contribution in [0.25, 0.3) is 0 Å². The Kier molecular flexibility index (Phi) is 4.74. The second-order valence-electron chi connectivity index (χ2n) is 3.87. The average Bonchev–Trinajstić information content (AvgIpc) is 2.43. The average molecular weight is 207 g/mol. The minimum absolute atomic E-state index is 0.00389. The van der Waals surface area contributed by atoms with Crippen molar-refractivity contribution in [2.75, 3.05) is 0 Å². The summed E-state index contributed by atoms with van der Waals surface area (Å²) in [5.41, 5.74) is 0. The zero-order chi connectivity index (χ0) is 11.1. The lowest BCUT2D eigenvalue weighted by molar-refractivity contribution is -0.120. The molecule has 82 valence electrons. The maximum atomic E-state index is 11.5. The van der Waals surface area contributed by atoms with Crippen molar-refractivity contribution in [2.45, 2.75) is 33.1 Å². The maximum Gasteiger partial charge on any atom is 0.225 e. The summed E-state index contributed by atoms with van der Waals surface area (Å²) in [7, 11) is 0. The lowest BCUT2D eigenvalue weighted by Crippen LogP contribution is -2.21. The first-order chi connectivity index (χ1) is 7.18. The van der Waals surface area contributed by atoms with Crippen molar-refractivity contribution in [1.29, 1.82) is 0 Å². The molecular weight excluding hydrogens is 190 g/mol. The van der Waals surface area contributed by atoms with Crippen LogP contribution in [0.3, 0.4) is 0 Å². The van der Waals surface area contributed by atoms with E-state index in [1.807, 2.05) is 0 Å². The Balaban J connectivity index is 2.37. The standard InChI is InChI=1S/C11H17N3O/c1-9(2)4-5-11(15)14-10-8-12-6-3-7-13-10/h6-9H,3-5H2,1-2H3,(H,14,15). The Morgan fingerprint density at radius 2 is 2.33 bits per heavy atom. The third-order valence-corrected chi connectivity index (χ3v) is 1.96. The highest BCUT2D eigenvalue weighted by Gasteiger charge is 2.05. The summed E-state index contributed by atoms with van der Waals surface area (Å²) in [6.45, 7) is 4.20. The molecule has 15 heavy (non-hydrogen) atoms. The van der Waals surface area contributed by atoms with Crippen LogP contribution in [0.2, 0.25) is 0 Å². The van der Waals surface area contributed by atoms with Gasteiger partial charge in [-0.25, -0.2) is 4.99 Å². The zero-order valence-electron chi connectivity index (χ0n) is 9.23. The fraction of sp³-hybridized carbons (Fsp3) is 0.545. The molecule has 0 aromatic carbocycles. The van der Waals surface area contributed by atoms with E-state index in [2.05, 4.69) is 29.1 Å². The third kappa shape index (κ3) is 5.10. The molecule has 1 amide bonds. The van der Waals surface area contributed by atoms with Crippen LogP contribution < -0.4 is 5.32 Å². The third-order valence-electron chi connectivity index (χ3n) is 1.96. The van der Waals surface area contributed by atoms with Gasteiger partial charge in [0.25, 0.3) is 0 Å². The smallest absolute Gasteiger partial charge is 0.225 e. The highest BCUT2D eigenvalue weighted by Crippen LogP contribution is 2.04. The molecule has 0 aliphatic carbocycles. The number of hydrogen-bond acceptors (Lipinski definition) is 3. The second kappa shape index (κ2) is 6.11. The molecule has 1 aliphatic rings. The normalized spacial score (nSPS) is 15.0. The molecule has 1 N–H and O–H groups in total. The molecule has 0 saturated carbocycles. The number of amides is 1. The van der Waals surface area contributed by atoms with Crippen LogP contribution >= 0.6 is 0 Å². The molecule has 0 fully saturated rings. The molecule has 1 rings (SSSR count). The largest absolute Gasteiger partial charge is 0.309 e. The summed E-state index contributed by atoms with van der Waals surface area (Å²) in [4.78, 5) is 19.5. The van der Waals surface area contributed by atoms with Gasteiger partial charge in [-0.15, -0.1) is 0 Å². The van der Waals surface area contributed by atoms with Gasteiger partial charge in [-0.05, 0) is 12.3 Å². The molecular formula is C11H17N3O. The van der Waals surface area contributed by atoms with Gasteiger partial charge in [0.2, 0.25) is 5.91 Å². The molecule has 4 nitrogen and oxygen atoms in total. The Bertz CT molecular complexity index is 303. The Morgan fingerprint density at radius 1 is 1.53 bits per heavy atom. The van der Waals surface area contributed by atoms with Gasteiger partial charge >= 0.3 is 0 Å². The highest BCUT2D eigenvalue weighted by molar-refractivity contribution is 5.82. The zero-order valence-corrected chi connectivity index (χ0v) is 9.23. The minimum atomic E-state index is 0.00389. The van der Waals surface area contributed by atoms with E-state index >= 15 is 0 Å². The van der Waals surface area contributed by atoms with Gasteiger partial charge < -0.3 is 5.32 Å². The van der Waals surface area contributed by atoms with Crippen molar-refractivity contribution >= 4 is 18.3 Å². The minimum Gasteiger partial charge on any atom is -0.309 e. The molecule has 0 spiro atoms. The van der Waals surface area contributed by atoms with E-state index in [0.29, 0.717) is 24.6 Å². The number of hydrogen-bond donors (Lipinski definition) is 1. The predicted molar refractivity (Wildman–Crippen MR) is 61.9 cm³/mol. The van der Waals surface area contributed by atoms with Gasteiger partial charge in [0.15, 0.2) is 5.82 Å². The molecule has 0 aromatic heterocycles. The maximum absolute atomic E-state index is 11.5. The van der Waals surface area contributed by atoms with Gasteiger partial charge in [0.05, 0.1) is 6.20 Å². The Morgan fingerprint density at radius 3 is 3.07 bits per heavy atom. The van der Waals surface area contributed by atoms with Crippen LogP contribution in [0, 0.1) is 5.92 Å². The highest BCUT2D eigenvalue weighted by atomic mass is 16.1. The summed E-state index contributed by atoms with van der Waals surface area (Å²) in [5, 5.41) is 2.72. The number of nitrogens with zero attached hydrogens (tertiary/aromatic N) is 2. The fourth-order valence-corrected chi connectivity index (χ4v) is 1.11. The molecule has 0 saturated heterocycles. The van der Waals surface area contributed by atoms with Crippen molar-refractivity contribution in [2.24, 2.45) is 15.9 Å². The monoisotopic (exact) mass is 207 g/mol. The summed E-state index contributed by atoms with van der Waals surface area (Å²) >= 11 is 0. The first-order valence-corrected chi connectivity index (χ1v) is 5.22. The number of carbonyl (C=O) groups is 1. The molecule has 1 aliphatic heterocycles. The second-order valence-corrected chi connectivity index (χ2v) is 3.87. The summed E-state index contributed by atoms with van der Waals surface area (Å²) in [6, 6.07) is 0. The van der Waals surface area contributed by atoms with Gasteiger partial charge in [-0.1, -0.05) is 13.8 Å². The van der Waals surface area contributed by atoms with E-state index in [0.717, 1.165) is 6.42 Å². The van der Waals surface area contributed by atoms with Crippen molar-refractivity contribution in [3.05, 3.63) is 12.0 Å². The van der Waals surface area contributed by atoms with Crippen LogP contribution in [0.4, 0.5) is 0 Å². The molecule has 1 heterocycles. The van der Waals surface area contributed by atoms with E-state index in [4.69, 9.17) is 0 Å². The van der Waals surface area contributed by atoms with Crippen LogP contribution in [0.15, 0.2) is 22.0 Å². The Labute approximate surface area is 90.2 Å². The lowest BCUT2D eigenvalue weighted by atomic mass is 10.1. The quantitative estimate of drug-likeness (QED) is 0.751. The summed E-state index contributed by atoms with van der Waals surface area (Å²) < 4.78 is 0. The van der Waals surface area contributed by atoms with E-state index in [-0.39, 0.29) is 5.91 Å². The first kappa shape index (κ1) is 11.6. The van der Waals surface area contributed by atoms with Gasteiger partial charge in [0.1, 0.15) is 0 Å². The van der Waals surface area contributed by atoms with Crippen LogP contribution in [0.5, 0.6) is 0 Å². The SMILES string of the molecule is CC(C)CCC(=O)NC1=CN=CCC=N1. The number of aliphatic imine (C=N–C) groups is 2. The van der Waals surface area contributed by atoms with Crippen LogP contribution in [-0.2, 0) is 4.79 Å². The molecule has 0 radical (unpaired) electrons.